The Morgan fingerprint density at radius 1 is 1.25 bits per heavy atom. The molecule has 0 N–H and O–H groups in total. The first-order valence-corrected chi connectivity index (χ1v) is 10.8. The molecule has 0 saturated carbocycles. The number of methoxy groups -OCH3 is 1. The number of hydrogen-bond acceptors (Lipinski definition) is 5. The summed E-state index contributed by atoms with van der Waals surface area (Å²) in [5.41, 5.74) is 1.98. The standard InChI is InChI=1S/C20H25N3O4S/c1-4-22(5-2)28(25,26)16-10-11-18-15(14-16)8-7-13-23(18)20(24)17-9-6-12-21-19(17)27-3/h6,9-12,14H,4-5,7-8,13H2,1-3H3. The Morgan fingerprint density at radius 2 is 2.00 bits per heavy atom. The molecular weight excluding hydrogens is 378 g/mol. The van der Waals surface area contributed by atoms with Crippen LogP contribution in [0.2, 0.25) is 0 Å². The molecule has 0 bridgehead atoms. The van der Waals surface area contributed by atoms with Crippen molar-refractivity contribution >= 4 is 21.6 Å². The number of aromatic nitrogens is 1. The summed E-state index contributed by atoms with van der Waals surface area (Å²) in [5, 5.41) is 0. The number of carbonyl (C=O) groups excluding carboxylic acids is 1. The highest BCUT2D eigenvalue weighted by Crippen LogP contribution is 2.32. The monoisotopic (exact) mass is 403 g/mol. The van der Waals surface area contributed by atoms with Gasteiger partial charge in [0.25, 0.3) is 5.91 Å². The number of anilines is 1. The van der Waals surface area contributed by atoms with Crippen LogP contribution in [0.15, 0.2) is 41.4 Å². The van der Waals surface area contributed by atoms with Crippen LogP contribution in [0.5, 0.6) is 5.88 Å². The van der Waals surface area contributed by atoms with Crippen LogP contribution in [-0.4, -0.2) is 50.4 Å². The number of carbonyl (C=O) groups is 1. The molecule has 0 radical (unpaired) electrons. The molecule has 2 aromatic rings. The molecular formula is C20H25N3O4S. The van der Waals surface area contributed by atoms with Crippen molar-refractivity contribution in [1.29, 1.82) is 0 Å². The highest BCUT2D eigenvalue weighted by Gasteiger charge is 2.28. The van der Waals surface area contributed by atoms with E-state index in [-0.39, 0.29) is 16.7 Å². The van der Waals surface area contributed by atoms with Gasteiger partial charge in [-0.15, -0.1) is 0 Å². The largest absolute Gasteiger partial charge is 0.480 e. The van der Waals surface area contributed by atoms with E-state index in [0.29, 0.717) is 25.2 Å². The van der Waals surface area contributed by atoms with Gasteiger partial charge in [-0.3, -0.25) is 4.79 Å². The van der Waals surface area contributed by atoms with Crippen LogP contribution in [0.4, 0.5) is 5.69 Å². The number of aryl methyl sites for hydroxylation is 1. The summed E-state index contributed by atoms with van der Waals surface area (Å²) in [5.74, 6) is 0.0746. The molecule has 3 rings (SSSR count). The van der Waals surface area contributed by atoms with Crippen LogP contribution in [0.1, 0.15) is 36.2 Å². The number of pyridine rings is 1. The first kappa shape index (κ1) is 20.3. The number of nitrogens with zero attached hydrogens (tertiary/aromatic N) is 3. The van der Waals surface area contributed by atoms with Gasteiger partial charge in [0.2, 0.25) is 15.9 Å². The third-order valence-electron chi connectivity index (χ3n) is 4.95. The van der Waals surface area contributed by atoms with E-state index < -0.39 is 10.0 Å². The lowest BCUT2D eigenvalue weighted by molar-refractivity contribution is 0.0981. The average Bonchev–Trinajstić information content (AvgIpc) is 2.73. The highest BCUT2D eigenvalue weighted by molar-refractivity contribution is 7.89. The zero-order chi connectivity index (χ0) is 20.3. The van der Waals surface area contributed by atoms with Crippen molar-refractivity contribution in [3.63, 3.8) is 0 Å². The lowest BCUT2D eigenvalue weighted by Crippen LogP contribution is -2.36. The Morgan fingerprint density at radius 3 is 2.68 bits per heavy atom. The molecule has 1 aromatic heterocycles. The van der Waals surface area contributed by atoms with Gasteiger partial charge in [-0.05, 0) is 48.7 Å². The summed E-state index contributed by atoms with van der Waals surface area (Å²) < 4.78 is 32.3. The predicted molar refractivity (Wildman–Crippen MR) is 107 cm³/mol. The molecule has 0 spiro atoms. The number of sulfonamides is 1. The Bertz CT molecular complexity index is 971. The first-order valence-electron chi connectivity index (χ1n) is 9.38. The van der Waals surface area contributed by atoms with Crippen LogP contribution in [0.3, 0.4) is 0 Å². The zero-order valence-corrected chi connectivity index (χ0v) is 17.2. The third-order valence-corrected chi connectivity index (χ3v) is 7.00. The van der Waals surface area contributed by atoms with E-state index in [1.807, 2.05) is 13.8 Å². The topological polar surface area (TPSA) is 79.8 Å². The number of amides is 1. The summed E-state index contributed by atoms with van der Waals surface area (Å²) in [6.45, 7) is 5.04. The van der Waals surface area contributed by atoms with Crippen molar-refractivity contribution in [3.05, 3.63) is 47.7 Å². The van der Waals surface area contributed by atoms with Crippen molar-refractivity contribution < 1.29 is 17.9 Å². The van der Waals surface area contributed by atoms with E-state index in [1.54, 1.807) is 41.4 Å². The number of ether oxygens (including phenoxy) is 1. The number of hydrogen-bond donors (Lipinski definition) is 0. The van der Waals surface area contributed by atoms with Gasteiger partial charge in [-0.25, -0.2) is 13.4 Å². The van der Waals surface area contributed by atoms with Crippen molar-refractivity contribution in [2.45, 2.75) is 31.6 Å². The van der Waals surface area contributed by atoms with Crippen LogP contribution in [-0.2, 0) is 16.4 Å². The number of fused-ring (bicyclic) bond motifs is 1. The normalized spacial score (nSPS) is 14.1. The lowest BCUT2D eigenvalue weighted by Gasteiger charge is -2.30. The van der Waals surface area contributed by atoms with Gasteiger partial charge < -0.3 is 9.64 Å². The van der Waals surface area contributed by atoms with Crippen molar-refractivity contribution in [2.75, 3.05) is 31.6 Å². The fourth-order valence-electron chi connectivity index (χ4n) is 3.52. The minimum absolute atomic E-state index is 0.203. The molecule has 1 aliphatic heterocycles. The SMILES string of the molecule is CCN(CC)S(=O)(=O)c1ccc2c(c1)CCCN2C(=O)c1cccnc1OC. The number of benzene rings is 1. The molecule has 0 saturated heterocycles. The van der Waals surface area contributed by atoms with Crippen LogP contribution in [0.25, 0.3) is 0 Å². The van der Waals surface area contributed by atoms with Gasteiger partial charge in [0.15, 0.2) is 0 Å². The van der Waals surface area contributed by atoms with Crippen LogP contribution in [0, 0.1) is 0 Å². The molecule has 0 atom stereocenters. The molecule has 1 aromatic carbocycles. The maximum Gasteiger partial charge on any atom is 0.263 e. The van der Waals surface area contributed by atoms with Gasteiger partial charge in [-0.1, -0.05) is 13.8 Å². The number of rotatable bonds is 6. The summed E-state index contributed by atoms with van der Waals surface area (Å²) in [4.78, 5) is 19.1. The quantitative estimate of drug-likeness (QED) is 0.741. The smallest absolute Gasteiger partial charge is 0.263 e. The van der Waals surface area contributed by atoms with E-state index in [0.717, 1.165) is 24.1 Å². The second kappa shape index (κ2) is 8.28. The second-order valence-electron chi connectivity index (χ2n) is 6.50. The molecule has 0 aliphatic carbocycles. The average molecular weight is 404 g/mol. The Labute approximate surface area is 166 Å². The van der Waals surface area contributed by atoms with E-state index in [9.17, 15) is 13.2 Å². The Hall–Kier alpha value is -2.45. The van der Waals surface area contributed by atoms with Gasteiger partial charge in [0.05, 0.1) is 12.0 Å². The third kappa shape index (κ3) is 3.62. The molecule has 0 fully saturated rings. The Balaban J connectivity index is 1.99. The van der Waals surface area contributed by atoms with Gasteiger partial charge in [-0.2, -0.15) is 4.31 Å². The van der Waals surface area contributed by atoms with E-state index in [1.165, 1.54) is 11.4 Å². The molecule has 150 valence electrons. The van der Waals surface area contributed by atoms with Crippen molar-refractivity contribution in [2.24, 2.45) is 0 Å². The molecule has 1 amide bonds. The summed E-state index contributed by atoms with van der Waals surface area (Å²) in [6, 6.07) is 8.38. The molecule has 8 heteroatoms. The molecule has 0 unspecified atom stereocenters. The van der Waals surface area contributed by atoms with Gasteiger partial charge in [0, 0.05) is 31.5 Å². The predicted octanol–water partition coefficient (Wildman–Crippen LogP) is 2.71. The van der Waals surface area contributed by atoms with E-state index in [2.05, 4.69) is 4.98 Å². The fourth-order valence-corrected chi connectivity index (χ4v) is 5.03. The summed E-state index contributed by atoms with van der Waals surface area (Å²) >= 11 is 0. The van der Waals surface area contributed by atoms with Gasteiger partial charge in [0.1, 0.15) is 5.56 Å². The highest BCUT2D eigenvalue weighted by atomic mass is 32.2. The molecule has 28 heavy (non-hydrogen) atoms. The lowest BCUT2D eigenvalue weighted by atomic mass is 10.0. The first-order chi connectivity index (χ1) is 13.4. The Kier molecular flexibility index (Phi) is 6.00. The van der Waals surface area contributed by atoms with Crippen LogP contribution < -0.4 is 9.64 Å². The summed E-state index contributed by atoms with van der Waals surface area (Å²) in [7, 11) is -2.06. The fraction of sp³-hybridized carbons (Fsp3) is 0.400. The van der Waals surface area contributed by atoms with Crippen molar-refractivity contribution in [3.8, 4) is 5.88 Å². The zero-order valence-electron chi connectivity index (χ0n) is 16.4. The van der Waals surface area contributed by atoms with E-state index in [4.69, 9.17) is 4.74 Å². The van der Waals surface area contributed by atoms with Gasteiger partial charge >= 0.3 is 0 Å². The summed E-state index contributed by atoms with van der Waals surface area (Å²) in [6.07, 6.45) is 3.06. The minimum atomic E-state index is -3.54. The minimum Gasteiger partial charge on any atom is -0.480 e. The van der Waals surface area contributed by atoms with Crippen molar-refractivity contribution in [1.82, 2.24) is 9.29 Å². The molecule has 2 heterocycles. The maximum absolute atomic E-state index is 13.1. The van der Waals surface area contributed by atoms with Crippen LogP contribution >= 0.6 is 0 Å². The molecule has 1 aliphatic rings. The van der Waals surface area contributed by atoms with E-state index >= 15 is 0 Å². The maximum atomic E-state index is 13.1. The molecule has 7 nitrogen and oxygen atoms in total. The second-order valence-corrected chi connectivity index (χ2v) is 8.44.